The maximum absolute atomic E-state index is 6.24. The Bertz CT molecular complexity index is 275. The van der Waals surface area contributed by atoms with Gasteiger partial charge in [-0.3, -0.25) is 0 Å². The smallest absolute Gasteiger partial charge is 0.0833 e. The van der Waals surface area contributed by atoms with E-state index in [1.165, 1.54) is 70.6 Å². The molecule has 1 atom stereocenters. The summed E-state index contributed by atoms with van der Waals surface area (Å²) in [7, 11) is 1.97. The molecule has 1 N–H and O–H groups in total. The van der Waals surface area contributed by atoms with Gasteiger partial charge in [-0.25, -0.2) is 0 Å². The van der Waals surface area contributed by atoms with Gasteiger partial charge in [0, 0.05) is 13.2 Å². The van der Waals surface area contributed by atoms with Crippen molar-refractivity contribution in [2.75, 3.05) is 13.7 Å². The van der Waals surface area contributed by atoms with E-state index in [1.54, 1.807) is 0 Å². The van der Waals surface area contributed by atoms with E-state index in [9.17, 15) is 0 Å². The van der Waals surface area contributed by atoms with E-state index in [4.69, 9.17) is 4.74 Å². The summed E-state index contributed by atoms with van der Waals surface area (Å²) in [5.74, 6) is 1.76. The monoisotopic (exact) mass is 295 g/mol. The highest BCUT2D eigenvalue weighted by Crippen LogP contribution is 2.40. The normalized spacial score (nSPS) is 31.6. The molecule has 21 heavy (non-hydrogen) atoms. The molecule has 124 valence electrons. The first-order valence-corrected chi connectivity index (χ1v) is 9.50. The summed E-state index contributed by atoms with van der Waals surface area (Å²) in [5.41, 5.74) is 0.108. The Labute approximate surface area is 132 Å². The molecule has 2 saturated carbocycles. The van der Waals surface area contributed by atoms with E-state index < -0.39 is 0 Å². The van der Waals surface area contributed by atoms with Crippen molar-refractivity contribution in [3.05, 3.63) is 0 Å². The van der Waals surface area contributed by atoms with Crippen LogP contribution in [-0.4, -0.2) is 25.3 Å². The molecule has 0 aromatic heterocycles. The predicted octanol–water partition coefficient (Wildman–Crippen LogP) is 4.92. The highest BCUT2D eigenvalue weighted by Gasteiger charge is 2.43. The van der Waals surface area contributed by atoms with Gasteiger partial charge >= 0.3 is 0 Å². The topological polar surface area (TPSA) is 21.3 Å². The molecule has 0 aromatic rings. The fraction of sp³-hybridized carbons (Fsp3) is 1.00. The minimum atomic E-state index is 0.108. The Morgan fingerprint density at radius 1 is 1.05 bits per heavy atom. The van der Waals surface area contributed by atoms with Crippen LogP contribution in [0.25, 0.3) is 0 Å². The molecule has 2 rings (SSSR count). The number of nitrogens with one attached hydrogen (secondary N) is 1. The molecule has 0 heterocycles. The molecule has 0 bridgehead atoms. The summed E-state index contributed by atoms with van der Waals surface area (Å²) in [5, 5.41) is 3.92. The number of ether oxygens (including phenoxy) is 1. The van der Waals surface area contributed by atoms with Crippen molar-refractivity contribution >= 4 is 0 Å². The van der Waals surface area contributed by atoms with E-state index in [2.05, 4.69) is 19.2 Å². The Kier molecular flexibility index (Phi) is 7.01. The van der Waals surface area contributed by atoms with Gasteiger partial charge in [-0.1, -0.05) is 52.4 Å². The number of rotatable bonds is 6. The molecular formula is C19H37NO. The van der Waals surface area contributed by atoms with Crippen molar-refractivity contribution in [1.29, 1.82) is 0 Å². The first-order chi connectivity index (χ1) is 10.2. The van der Waals surface area contributed by atoms with Crippen LogP contribution in [0, 0.1) is 11.8 Å². The molecule has 2 aliphatic carbocycles. The summed E-state index contributed by atoms with van der Waals surface area (Å²) in [6.07, 6.45) is 14.8. The van der Waals surface area contributed by atoms with Crippen LogP contribution in [0.2, 0.25) is 0 Å². The van der Waals surface area contributed by atoms with Crippen molar-refractivity contribution in [2.45, 2.75) is 96.1 Å². The van der Waals surface area contributed by atoms with Crippen molar-refractivity contribution in [2.24, 2.45) is 11.8 Å². The van der Waals surface area contributed by atoms with Crippen LogP contribution in [0.3, 0.4) is 0 Å². The van der Waals surface area contributed by atoms with Gasteiger partial charge in [-0.15, -0.1) is 0 Å². The fourth-order valence-corrected chi connectivity index (χ4v) is 4.67. The maximum atomic E-state index is 6.24. The second-order valence-electron chi connectivity index (χ2n) is 7.63. The average molecular weight is 296 g/mol. The second-order valence-corrected chi connectivity index (χ2v) is 7.63. The predicted molar refractivity (Wildman–Crippen MR) is 90.6 cm³/mol. The third-order valence-corrected chi connectivity index (χ3v) is 6.07. The Balaban J connectivity index is 2.11. The van der Waals surface area contributed by atoms with Gasteiger partial charge in [0.25, 0.3) is 0 Å². The van der Waals surface area contributed by atoms with Crippen molar-refractivity contribution in [1.82, 2.24) is 5.32 Å². The van der Waals surface area contributed by atoms with Crippen LogP contribution in [0.15, 0.2) is 0 Å². The molecule has 2 heteroatoms. The summed E-state index contributed by atoms with van der Waals surface area (Å²) < 4.78 is 6.24. The highest BCUT2D eigenvalue weighted by molar-refractivity contribution is 4.99. The van der Waals surface area contributed by atoms with E-state index in [1.807, 2.05) is 7.11 Å². The lowest BCUT2D eigenvalue weighted by Gasteiger charge is -2.45. The SMILES string of the molecule is CCCNC(C1CCC(C)CC1)C1(OC)CCCCCC1. The van der Waals surface area contributed by atoms with Gasteiger partial charge in [-0.05, 0) is 50.5 Å². The standard InChI is InChI=1S/C19H37NO/c1-4-15-20-18(17-11-9-16(2)10-12-17)19(21-3)13-7-5-6-8-14-19/h16-18,20H,4-15H2,1-3H3. The van der Waals surface area contributed by atoms with Crippen molar-refractivity contribution in [3.8, 4) is 0 Å². The van der Waals surface area contributed by atoms with Crippen LogP contribution in [0.5, 0.6) is 0 Å². The minimum absolute atomic E-state index is 0.108. The molecular weight excluding hydrogens is 258 g/mol. The fourth-order valence-electron chi connectivity index (χ4n) is 4.67. The number of hydrogen-bond donors (Lipinski definition) is 1. The van der Waals surface area contributed by atoms with Gasteiger partial charge in [0.2, 0.25) is 0 Å². The van der Waals surface area contributed by atoms with E-state index in [0.717, 1.165) is 18.4 Å². The Morgan fingerprint density at radius 2 is 1.67 bits per heavy atom. The van der Waals surface area contributed by atoms with Gasteiger partial charge in [0.1, 0.15) is 0 Å². The lowest BCUT2D eigenvalue weighted by molar-refractivity contribution is -0.0731. The molecule has 0 aromatic carbocycles. The molecule has 0 radical (unpaired) electrons. The lowest BCUT2D eigenvalue weighted by Crippen LogP contribution is -2.56. The zero-order chi connectivity index (χ0) is 15.1. The lowest BCUT2D eigenvalue weighted by atomic mass is 9.71. The quantitative estimate of drug-likeness (QED) is 0.702. The summed E-state index contributed by atoms with van der Waals surface area (Å²) in [6, 6.07) is 0.577. The third-order valence-electron chi connectivity index (χ3n) is 6.07. The van der Waals surface area contributed by atoms with Crippen LogP contribution in [-0.2, 0) is 4.74 Å². The minimum Gasteiger partial charge on any atom is -0.377 e. The molecule has 0 aliphatic heterocycles. The molecule has 2 fully saturated rings. The molecule has 2 aliphatic rings. The van der Waals surface area contributed by atoms with Gasteiger partial charge in [0.05, 0.1) is 5.60 Å². The van der Waals surface area contributed by atoms with Crippen molar-refractivity contribution in [3.63, 3.8) is 0 Å². The maximum Gasteiger partial charge on any atom is 0.0833 e. The largest absolute Gasteiger partial charge is 0.377 e. The van der Waals surface area contributed by atoms with Gasteiger partial charge in [-0.2, -0.15) is 0 Å². The number of methoxy groups -OCH3 is 1. The molecule has 0 amide bonds. The molecule has 0 saturated heterocycles. The van der Waals surface area contributed by atoms with E-state index in [-0.39, 0.29) is 5.60 Å². The average Bonchev–Trinajstić information content (AvgIpc) is 2.76. The molecule has 0 spiro atoms. The number of hydrogen-bond acceptors (Lipinski definition) is 2. The second kappa shape index (κ2) is 8.53. The van der Waals surface area contributed by atoms with Crippen LogP contribution in [0.4, 0.5) is 0 Å². The van der Waals surface area contributed by atoms with Crippen molar-refractivity contribution < 1.29 is 4.74 Å². The zero-order valence-corrected chi connectivity index (χ0v) is 14.6. The van der Waals surface area contributed by atoms with Gasteiger partial charge < -0.3 is 10.1 Å². The highest BCUT2D eigenvalue weighted by atomic mass is 16.5. The first-order valence-electron chi connectivity index (χ1n) is 9.50. The molecule has 2 nitrogen and oxygen atoms in total. The van der Waals surface area contributed by atoms with E-state index >= 15 is 0 Å². The van der Waals surface area contributed by atoms with Crippen LogP contribution in [0.1, 0.15) is 84.5 Å². The zero-order valence-electron chi connectivity index (χ0n) is 14.6. The van der Waals surface area contributed by atoms with Crippen LogP contribution >= 0.6 is 0 Å². The van der Waals surface area contributed by atoms with Gasteiger partial charge in [0.15, 0.2) is 0 Å². The summed E-state index contributed by atoms with van der Waals surface area (Å²) in [6.45, 7) is 5.84. The summed E-state index contributed by atoms with van der Waals surface area (Å²) >= 11 is 0. The summed E-state index contributed by atoms with van der Waals surface area (Å²) in [4.78, 5) is 0. The Morgan fingerprint density at radius 3 is 2.19 bits per heavy atom. The third kappa shape index (κ3) is 4.45. The van der Waals surface area contributed by atoms with Crippen LogP contribution < -0.4 is 5.32 Å². The van der Waals surface area contributed by atoms with E-state index in [0.29, 0.717) is 6.04 Å². The Hall–Kier alpha value is -0.0800. The molecule has 1 unspecified atom stereocenters. The first kappa shape index (κ1) is 17.3.